The van der Waals surface area contributed by atoms with E-state index in [4.69, 9.17) is 17.1 Å². The molecule has 0 aromatic heterocycles. The predicted molar refractivity (Wildman–Crippen MR) is 52.6 cm³/mol. The van der Waals surface area contributed by atoms with E-state index in [9.17, 15) is 4.79 Å². The van der Waals surface area contributed by atoms with Gasteiger partial charge in [-0.25, -0.2) is 0 Å². The first kappa shape index (κ1) is 10.1. The van der Waals surface area contributed by atoms with Crippen LogP contribution in [0.3, 0.4) is 0 Å². The molecule has 0 unspecified atom stereocenters. The third kappa shape index (κ3) is 2.45. The summed E-state index contributed by atoms with van der Waals surface area (Å²) in [5.41, 5.74) is 8.23. The van der Waals surface area contributed by atoms with E-state index in [1.165, 1.54) is 6.07 Å². The molecule has 0 bridgehead atoms. The summed E-state index contributed by atoms with van der Waals surface area (Å²) in [7, 11) is 0. The second-order valence-corrected chi connectivity index (χ2v) is 3.44. The predicted octanol–water partition coefficient (Wildman–Crippen LogP) is 3.55. The van der Waals surface area contributed by atoms with Gasteiger partial charge in [0.1, 0.15) is 0 Å². The first-order chi connectivity index (χ1) is 6.15. The van der Waals surface area contributed by atoms with E-state index in [2.05, 4.69) is 26.0 Å². The second-order valence-electron chi connectivity index (χ2n) is 2.12. The van der Waals surface area contributed by atoms with E-state index in [-0.39, 0.29) is 10.6 Å². The van der Waals surface area contributed by atoms with Crippen molar-refractivity contribution < 1.29 is 4.79 Å². The average molecular weight is 260 g/mol. The van der Waals surface area contributed by atoms with Crippen LogP contribution in [0, 0.1) is 0 Å². The molecule has 6 heteroatoms. The van der Waals surface area contributed by atoms with Crippen molar-refractivity contribution in [2.75, 3.05) is 0 Å². The van der Waals surface area contributed by atoms with Crippen molar-refractivity contribution >= 4 is 33.4 Å². The third-order valence-electron chi connectivity index (χ3n) is 1.30. The molecule has 0 radical (unpaired) electrons. The van der Waals surface area contributed by atoms with Gasteiger partial charge >= 0.3 is 0 Å². The number of hydrogen-bond donors (Lipinski definition) is 0. The Hall–Kier alpha value is -1.03. The van der Waals surface area contributed by atoms with Crippen LogP contribution in [0.25, 0.3) is 10.4 Å². The molecule has 0 aliphatic carbocycles. The Labute approximate surface area is 87.3 Å². The smallest absolute Gasteiger partial charge is 0.250 e. The Bertz CT molecular complexity index is 401. The van der Waals surface area contributed by atoms with Crippen LogP contribution in [-0.4, -0.2) is 5.91 Å². The lowest BCUT2D eigenvalue weighted by atomic mass is 10.2. The number of carbonyl (C=O) groups is 1. The van der Waals surface area contributed by atoms with Crippen LogP contribution in [0.2, 0.25) is 5.02 Å². The Morgan fingerprint density at radius 1 is 1.62 bits per heavy atom. The van der Waals surface area contributed by atoms with E-state index < -0.39 is 5.91 Å². The number of halogens is 2. The normalized spacial score (nSPS) is 9.08. The number of carbonyl (C=O) groups excluding carboxylic acids is 1. The first-order valence-corrected chi connectivity index (χ1v) is 4.36. The molecule has 0 heterocycles. The molecule has 0 fully saturated rings. The zero-order valence-corrected chi connectivity index (χ0v) is 8.58. The summed E-state index contributed by atoms with van der Waals surface area (Å²) < 4.78 is 0.759. The maximum atomic E-state index is 11.1. The van der Waals surface area contributed by atoms with Gasteiger partial charge in [0.25, 0.3) is 5.91 Å². The number of nitrogens with zero attached hydrogens (tertiary/aromatic N) is 3. The molecule has 0 aliphatic heterocycles. The molecule has 1 aromatic rings. The molecule has 0 N–H and O–H groups in total. The minimum atomic E-state index is -0.681. The van der Waals surface area contributed by atoms with Crippen LogP contribution in [0.5, 0.6) is 0 Å². The van der Waals surface area contributed by atoms with Gasteiger partial charge in [0.05, 0.1) is 5.02 Å². The van der Waals surface area contributed by atoms with Crippen LogP contribution < -0.4 is 0 Å². The highest BCUT2D eigenvalue weighted by atomic mass is 79.9. The minimum Gasteiger partial charge on any atom is -0.287 e. The molecular formula is C7H3BrClN3O. The largest absolute Gasteiger partial charge is 0.287 e. The van der Waals surface area contributed by atoms with Crippen molar-refractivity contribution in [3.63, 3.8) is 0 Å². The third-order valence-corrected chi connectivity index (χ3v) is 2.10. The Morgan fingerprint density at radius 2 is 2.31 bits per heavy atom. The van der Waals surface area contributed by atoms with Crippen molar-refractivity contribution in [2.24, 2.45) is 5.11 Å². The maximum absolute atomic E-state index is 11.1. The quantitative estimate of drug-likeness (QED) is 0.432. The Balaban J connectivity index is 3.16. The molecule has 13 heavy (non-hydrogen) atoms. The van der Waals surface area contributed by atoms with Gasteiger partial charge in [-0.05, 0) is 28.8 Å². The van der Waals surface area contributed by atoms with Gasteiger partial charge in [-0.3, -0.25) is 4.79 Å². The lowest BCUT2D eigenvalue weighted by molar-refractivity contribution is 0.100. The van der Waals surface area contributed by atoms with Crippen LogP contribution >= 0.6 is 27.5 Å². The highest BCUT2D eigenvalue weighted by molar-refractivity contribution is 9.10. The van der Waals surface area contributed by atoms with Crippen LogP contribution in [0.4, 0.5) is 0 Å². The van der Waals surface area contributed by atoms with Crippen molar-refractivity contribution in [3.8, 4) is 0 Å². The summed E-state index contributed by atoms with van der Waals surface area (Å²) in [6, 6.07) is 4.69. The zero-order chi connectivity index (χ0) is 9.84. The Morgan fingerprint density at radius 3 is 2.85 bits per heavy atom. The molecule has 1 rings (SSSR count). The van der Waals surface area contributed by atoms with Crippen molar-refractivity contribution in [2.45, 2.75) is 0 Å². The van der Waals surface area contributed by atoms with Gasteiger partial charge in [-0.1, -0.05) is 27.5 Å². The zero-order valence-electron chi connectivity index (χ0n) is 6.24. The first-order valence-electron chi connectivity index (χ1n) is 3.19. The number of hydrogen-bond acceptors (Lipinski definition) is 1. The topological polar surface area (TPSA) is 65.8 Å². The fourth-order valence-electron chi connectivity index (χ4n) is 0.757. The van der Waals surface area contributed by atoms with Gasteiger partial charge in [0.15, 0.2) is 0 Å². The molecule has 4 nitrogen and oxygen atoms in total. The van der Waals surface area contributed by atoms with E-state index in [0.29, 0.717) is 0 Å². The molecular weight excluding hydrogens is 257 g/mol. The summed E-state index contributed by atoms with van der Waals surface area (Å²) in [4.78, 5) is 13.4. The van der Waals surface area contributed by atoms with E-state index in [0.717, 1.165) is 4.47 Å². The maximum Gasteiger partial charge on any atom is 0.250 e. The lowest BCUT2D eigenvalue weighted by Gasteiger charge is -1.98. The summed E-state index contributed by atoms with van der Waals surface area (Å²) in [5, 5.41) is 3.18. The number of benzene rings is 1. The van der Waals surface area contributed by atoms with Crippen molar-refractivity contribution in [1.29, 1.82) is 0 Å². The highest BCUT2D eigenvalue weighted by Crippen LogP contribution is 2.21. The molecule has 1 amide bonds. The van der Waals surface area contributed by atoms with Gasteiger partial charge < -0.3 is 0 Å². The fourth-order valence-corrected chi connectivity index (χ4v) is 1.51. The summed E-state index contributed by atoms with van der Waals surface area (Å²) in [6.45, 7) is 0. The minimum absolute atomic E-state index is 0.197. The fraction of sp³-hybridized carbons (Fsp3) is 0. The van der Waals surface area contributed by atoms with Crippen LogP contribution in [0.15, 0.2) is 27.8 Å². The summed E-state index contributed by atoms with van der Waals surface area (Å²) in [6.07, 6.45) is 0. The molecule has 0 saturated carbocycles. The molecule has 0 atom stereocenters. The number of amides is 1. The van der Waals surface area contributed by atoms with E-state index in [1.54, 1.807) is 12.1 Å². The van der Waals surface area contributed by atoms with E-state index >= 15 is 0 Å². The van der Waals surface area contributed by atoms with Gasteiger partial charge in [-0.2, -0.15) is 0 Å². The van der Waals surface area contributed by atoms with Crippen molar-refractivity contribution in [3.05, 3.63) is 43.7 Å². The van der Waals surface area contributed by atoms with Gasteiger partial charge in [-0.15, -0.1) is 0 Å². The van der Waals surface area contributed by atoms with Gasteiger partial charge in [0.2, 0.25) is 0 Å². The highest BCUT2D eigenvalue weighted by Gasteiger charge is 2.07. The SMILES string of the molecule is [N-]=[N+]=NC(=O)c1ccc(Br)cc1Cl. The second kappa shape index (κ2) is 4.28. The van der Waals surface area contributed by atoms with E-state index in [1.807, 2.05) is 0 Å². The Kier molecular flexibility index (Phi) is 3.31. The number of rotatable bonds is 1. The summed E-state index contributed by atoms with van der Waals surface area (Å²) >= 11 is 8.91. The molecule has 0 aliphatic rings. The molecule has 0 saturated heterocycles. The number of azide groups is 1. The monoisotopic (exact) mass is 259 g/mol. The molecule has 1 aromatic carbocycles. The summed E-state index contributed by atoms with van der Waals surface area (Å²) in [5.74, 6) is -0.681. The van der Waals surface area contributed by atoms with Crippen LogP contribution in [0.1, 0.15) is 10.4 Å². The van der Waals surface area contributed by atoms with Gasteiger partial charge in [0, 0.05) is 14.9 Å². The molecule has 0 spiro atoms. The molecule has 66 valence electrons. The lowest BCUT2D eigenvalue weighted by Crippen LogP contribution is -1.93. The van der Waals surface area contributed by atoms with Crippen LogP contribution in [-0.2, 0) is 0 Å². The standard InChI is InChI=1S/C7H3BrClN3O/c8-4-1-2-5(6(9)3-4)7(13)11-12-10/h1-3H. The van der Waals surface area contributed by atoms with Crippen molar-refractivity contribution in [1.82, 2.24) is 0 Å². The average Bonchev–Trinajstić information content (AvgIpc) is 2.04.